The number of carbonyl (C=O) groups excluding carboxylic acids is 1. The molecular formula is C22H22N2O3S. The molecule has 0 saturated heterocycles. The number of aryl methyl sites for hydroxylation is 3. The molecule has 4 rings (SSSR count). The average molecular weight is 394 g/mol. The lowest BCUT2D eigenvalue weighted by atomic mass is 10.0. The van der Waals surface area contributed by atoms with E-state index in [1.165, 1.54) is 23.6 Å². The van der Waals surface area contributed by atoms with Crippen molar-refractivity contribution in [1.82, 2.24) is 4.31 Å². The van der Waals surface area contributed by atoms with Crippen LogP contribution in [0.4, 0.5) is 5.69 Å². The summed E-state index contributed by atoms with van der Waals surface area (Å²) in [5, 5.41) is 5.10. The molecule has 0 heterocycles. The van der Waals surface area contributed by atoms with Gasteiger partial charge in [-0.1, -0.05) is 42.0 Å². The molecule has 6 heteroatoms. The fourth-order valence-corrected chi connectivity index (χ4v) is 4.85. The summed E-state index contributed by atoms with van der Waals surface area (Å²) in [6, 6.07) is 16.7. The van der Waals surface area contributed by atoms with E-state index in [1.807, 2.05) is 31.2 Å². The molecule has 0 aromatic heterocycles. The van der Waals surface area contributed by atoms with Crippen LogP contribution in [0.5, 0.6) is 0 Å². The highest BCUT2D eigenvalue weighted by Crippen LogP contribution is 2.35. The predicted molar refractivity (Wildman–Crippen MR) is 111 cm³/mol. The van der Waals surface area contributed by atoms with Crippen LogP contribution in [0, 0.1) is 6.92 Å². The van der Waals surface area contributed by atoms with Gasteiger partial charge in [0.2, 0.25) is 15.9 Å². The molecule has 0 saturated carbocycles. The van der Waals surface area contributed by atoms with Crippen LogP contribution in [0.1, 0.15) is 16.7 Å². The van der Waals surface area contributed by atoms with Crippen molar-refractivity contribution in [1.29, 1.82) is 0 Å². The van der Waals surface area contributed by atoms with Gasteiger partial charge in [0.25, 0.3) is 0 Å². The number of sulfonamides is 1. The van der Waals surface area contributed by atoms with Gasteiger partial charge in [0.1, 0.15) is 0 Å². The Kier molecular flexibility index (Phi) is 4.69. The maximum absolute atomic E-state index is 12.7. The molecule has 1 N–H and O–H groups in total. The first-order valence-corrected chi connectivity index (χ1v) is 10.7. The Morgan fingerprint density at radius 2 is 1.68 bits per heavy atom. The van der Waals surface area contributed by atoms with Crippen molar-refractivity contribution in [3.63, 3.8) is 0 Å². The zero-order valence-electron chi connectivity index (χ0n) is 15.9. The van der Waals surface area contributed by atoms with E-state index in [9.17, 15) is 13.2 Å². The monoisotopic (exact) mass is 394 g/mol. The summed E-state index contributed by atoms with van der Waals surface area (Å²) in [7, 11) is -2.30. The van der Waals surface area contributed by atoms with E-state index in [1.54, 1.807) is 24.3 Å². The number of carbonyl (C=O) groups is 1. The van der Waals surface area contributed by atoms with Gasteiger partial charge in [0, 0.05) is 18.1 Å². The second-order valence-electron chi connectivity index (χ2n) is 7.23. The van der Waals surface area contributed by atoms with E-state index in [2.05, 4.69) is 11.4 Å². The lowest BCUT2D eigenvalue weighted by molar-refractivity contribution is -0.116. The first kappa shape index (κ1) is 18.7. The number of rotatable bonds is 5. The normalized spacial score (nSPS) is 13.2. The minimum Gasteiger partial charge on any atom is -0.324 e. The number of nitrogens with one attached hydrogen (secondary N) is 1. The Morgan fingerprint density at radius 3 is 2.39 bits per heavy atom. The van der Waals surface area contributed by atoms with Gasteiger partial charge in [-0.3, -0.25) is 4.79 Å². The highest BCUT2D eigenvalue weighted by atomic mass is 32.2. The van der Waals surface area contributed by atoms with Crippen molar-refractivity contribution in [3.05, 3.63) is 71.3 Å². The molecule has 0 spiro atoms. The summed E-state index contributed by atoms with van der Waals surface area (Å²) >= 11 is 0. The molecule has 28 heavy (non-hydrogen) atoms. The van der Waals surface area contributed by atoms with Crippen molar-refractivity contribution in [2.24, 2.45) is 0 Å². The third kappa shape index (κ3) is 3.30. The zero-order valence-corrected chi connectivity index (χ0v) is 16.7. The summed E-state index contributed by atoms with van der Waals surface area (Å²) in [5.74, 6) is -0.364. The van der Waals surface area contributed by atoms with Crippen LogP contribution in [-0.2, 0) is 27.7 Å². The number of hydrogen-bond acceptors (Lipinski definition) is 3. The van der Waals surface area contributed by atoms with Crippen molar-refractivity contribution in [3.8, 4) is 0 Å². The van der Waals surface area contributed by atoms with Crippen LogP contribution < -0.4 is 5.32 Å². The topological polar surface area (TPSA) is 66.5 Å². The fraction of sp³-hybridized carbons (Fsp3) is 0.227. The molecule has 5 nitrogen and oxygen atoms in total. The summed E-state index contributed by atoms with van der Waals surface area (Å²) in [6.45, 7) is 1.64. The van der Waals surface area contributed by atoms with Crippen molar-refractivity contribution in [2.75, 3.05) is 18.9 Å². The average Bonchev–Trinajstić information content (AvgIpc) is 3.09. The molecule has 3 aromatic carbocycles. The lowest BCUT2D eigenvalue weighted by Crippen LogP contribution is -2.35. The van der Waals surface area contributed by atoms with E-state index < -0.39 is 10.0 Å². The first-order chi connectivity index (χ1) is 13.4. The lowest BCUT2D eigenvalue weighted by Gasteiger charge is -2.17. The number of amides is 1. The highest BCUT2D eigenvalue weighted by molar-refractivity contribution is 7.89. The Balaban J connectivity index is 1.54. The van der Waals surface area contributed by atoms with E-state index in [-0.39, 0.29) is 17.3 Å². The minimum absolute atomic E-state index is 0.179. The second kappa shape index (κ2) is 7.04. The van der Waals surface area contributed by atoms with Crippen molar-refractivity contribution >= 4 is 32.4 Å². The number of likely N-dealkylation sites (N-methyl/N-ethyl adjacent to an activating group) is 1. The van der Waals surface area contributed by atoms with Gasteiger partial charge >= 0.3 is 0 Å². The maximum atomic E-state index is 12.7. The van der Waals surface area contributed by atoms with Crippen LogP contribution in [0.15, 0.2) is 59.5 Å². The molecule has 1 aliphatic rings. The number of anilines is 1. The molecular weight excluding hydrogens is 372 g/mol. The summed E-state index contributed by atoms with van der Waals surface area (Å²) in [4.78, 5) is 12.7. The Bertz CT molecular complexity index is 1160. The molecule has 0 radical (unpaired) electrons. The third-order valence-electron chi connectivity index (χ3n) is 5.25. The molecule has 0 bridgehead atoms. The quantitative estimate of drug-likeness (QED) is 0.720. The van der Waals surface area contributed by atoms with Crippen LogP contribution in [-0.4, -0.2) is 32.2 Å². The molecule has 1 amide bonds. The van der Waals surface area contributed by atoms with E-state index in [4.69, 9.17) is 0 Å². The van der Waals surface area contributed by atoms with E-state index in [0.29, 0.717) is 5.69 Å². The maximum Gasteiger partial charge on any atom is 0.243 e. The van der Waals surface area contributed by atoms with E-state index >= 15 is 0 Å². The Morgan fingerprint density at radius 1 is 1.00 bits per heavy atom. The van der Waals surface area contributed by atoms with Gasteiger partial charge in [-0.05, 0) is 54.5 Å². The fourth-order valence-electron chi connectivity index (χ4n) is 3.72. The molecule has 144 valence electrons. The Hall–Kier alpha value is -2.70. The van der Waals surface area contributed by atoms with Crippen LogP contribution in [0.25, 0.3) is 10.8 Å². The van der Waals surface area contributed by atoms with Crippen LogP contribution in [0.2, 0.25) is 0 Å². The van der Waals surface area contributed by atoms with Gasteiger partial charge in [0.15, 0.2) is 0 Å². The molecule has 0 unspecified atom stereocenters. The molecule has 0 aliphatic heterocycles. The molecule has 0 atom stereocenters. The van der Waals surface area contributed by atoms with Gasteiger partial charge in [-0.25, -0.2) is 8.42 Å². The highest BCUT2D eigenvalue weighted by Gasteiger charge is 2.23. The standard InChI is InChI=1S/C22H22N2O3S/c1-15-6-11-18(12-7-15)28(26,27)24(2)14-21(25)23-20-13-10-17-9-8-16-4-3-5-19(20)22(16)17/h3-7,10-13H,8-9,14H2,1-2H3,(H,23,25). The molecule has 3 aromatic rings. The molecule has 0 fully saturated rings. The Labute approximate surface area is 165 Å². The summed E-state index contributed by atoms with van der Waals surface area (Å²) in [6.07, 6.45) is 2.03. The third-order valence-corrected chi connectivity index (χ3v) is 7.06. The molecule has 1 aliphatic carbocycles. The largest absolute Gasteiger partial charge is 0.324 e. The minimum atomic E-state index is -3.72. The SMILES string of the molecule is Cc1ccc(S(=O)(=O)N(C)CC(=O)Nc2ccc3c4c(cccc24)CC3)cc1. The van der Waals surface area contributed by atoms with Crippen molar-refractivity contribution in [2.45, 2.75) is 24.7 Å². The van der Waals surface area contributed by atoms with Gasteiger partial charge in [0.05, 0.1) is 11.4 Å². The van der Waals surface area contributed by atoms with Gasteiger partial charge in [-0.15, -0.1) is 0 Å². The number of benzene rings is 3. The zero-order chi connectivity index (χ0) is 19.9. The number of hydrogen-bond donors (Lipinski definition) is 1. The summed E-state index contributed by atoms with van der Waals surface area (Å²) < 4.78 is 26.5. The van der Waals surface area contributed by atoms with E-state index in [0.717, 1.165) is 28.1 Å². The smallest absolute Gasteiger partial charge is 0.243 e. The van der Waals surface area contributed by atoms with Crippen LogP contribution >= 0.6 is 0 Å². The van der Waals surface area contributed by atoms with Crippen LogP contribution in [0.3, 0.4) is 0 Å². The van der Waals surface area contributed by atoms with Gasteiger partial charge in [-0.2, -0.15) is 4.31 Å². The summed E-state index contributed by atoms with van der Waals surface area (Å²) in [5.41, 5.74) is 4.28. The second-order valence-corrected chi connectivity index (χ2v) is 9.28. The first-order valence-electron chi connectivity index (χ1n) is 9.22. The van der Waals surface area contributed by atoms with Gasteiger partial charge < -0.3 is 5.32 Å². The van der Waals surface area contributed by atoms with Crippen molar-refractivity contribution < 1.29 is 13.2 Å². The predicted octanol–water partition coefficient (Wildman–Crippen LogP) is 3.51. The number of nitrogens with zero attached hydrogens (tertiary/aromatic N) is 1.